The molecule has 1 aliphatic carbocycles. The van der Waals surface area contributed by atoms with Gasteiger partial charge in [-0.1, -0.05) is 12.1 Å². The molecule has 0 saturated heterocycles. The molecule has 1 aliphatic rings. The van der Waals surface area contributed by atoms with E-state index in [-0.39, 0.29) is 12.5 Å². The van der Waals surface area contributed by atoms with E-state index >= 15 is 0 Å². The molecule has 1 N–H and O–H groups in total. The number of nitrogens with one attached hydrogen (secondary N) is 1. The monoisotopic (exact) mass is 312 g/mol. The second kappa shape index (κ2) is 7.54. The van der Waals surface area contributed by atoms with Crippen LogP contribution >= 0.6 is 0 Å². The maximum absolute atomic E-state index is 12.0. The van der Waals surface area contributed by atoms with Gasteiger partial charge in [0.25, 0.3) is 6.43 Å². The van der Waals surface area contributed by atoms with Crippen molar-refractivity contribution in [2.24, 2.45) is 0 Å². The summed E-state index contributed by atoms with van der Waals surface area (Å²) in [5, 5.41) is 2.23. The third kappa shape index (κ3) is 4.40. The topological polar surface area (TPSA) is 41.6 Å². The van der Waals surface area contributed by atoms with Crippen molar-refractivity contribution in [3.05, 3.63) is 29.8 Å². The van der Waals surface area contributed by atoms with E-state index in [1.807, 2.05) is 30.1 Å². The van der Waals surface area contributed by atoms with Crippen LogP contribution in [0.15, 0.2) is 24.3 Å². The van der Waals surface area contributed by atoms with Gasteiger partial charge in [0.1, 0.15) is 5.75 Å². The highest BCUT2D eigenvalue weighted by Crippen LogP contribution is 2.40. The quantitative estimate of drug-likeness (QED) is 0.840. The Kier molecular flexibility index (Phi) is 5.71. The average Bonchev–Trinajstić information content (AvgIpc) is 2.43. The van der Waals surface area contributed by atoms with E-state index in [1.165, 1.54) is 5.56 Å². The fourth-order valence-electron chi connectivity index (χ4n) is 2.72. The van der Waals surface area contributed by atoms with E-state index in [0.717, 1.165) is 18.6 Å². The van der Waals surface area contributed by atoms with Crippen LogP contribution < -0.4 is 10.1 Å². The molecule has 0 spiro atoms. The Hall–Kier alpha value is -1.69. The van der Waals surface area contributed by atoms with E-state index in [4.69, 9.17) is 4.74 Å². The van der Waals surface area contributed by atoms with E-state index in [1.54, 1.807) is 7.11 Å². The van der Waals surface area contributed by atoms with Gasteiger partial charge < -0.3 is 10.1 Å². The molecule has 0 bridgehead atoms. The number of benzene rings is 1. The van der Waals surface area contributed by atoms with Crippen molar-refractivity contribution in [2.45, 2.75) is 31.2 Å². The molecule has 0 atom stereocenters. The molecule has 6 heteroatoms. The minimum Gasteiger partial charge on any atom is -0.497 e. The fraction of sp³-hybridized carbons (Fsp3) is 0.562. The molecule has 122 valence electrons. The maximum atomic E-state index is 12.0. The third-order valence-electron chi connectivity index (χ3n) is 4.15. The molecule has 1 aromatic carbocycles. The van der Waals surface area contributed by atoms with Crippen LogP contribution in [0, 0.1) is 0 Å². The number of amides is 1. The molecule has 1 saturated carbocycles. The normalized spacial score (nSPS) is 20.8. The molecular weight excluding hydrogens is 290 g/mol. The number of hydrogen-bond donors (Lipinski definition) is 1. The number of alkyl halides is 2. The molecule has 4 nitrogen and oxygen atoms in total. The van der Waals surface area contributed by atoms with Crippen LogP contribution in [0.2, 0.25) is 0 Å². The number of rotatable bonds is 7. The van der Waals surface area contributed by atoms with Crippen molar-refractivity contribution in [1.29, 1.82) is 0 Å². The number of ether oxygens (including phenoxy) is 1. The van der Waals surface area contributed by atoms with Gasteiger partial charge in [-0.2, -0.15) is 0 Å². The van der Waals surface area contributed by atoms with Crippen LogP contribution in [0.1, 0.15) is 24.3 Å². The summed E-state index contributed by atoms with van der Waals surface area (Å²) < 4.78 is 29.3. The summed E-state index contributed by atoms with van der Waals surface area (Å²) in [5.74, 6) is 0.958. The molecule has 1 aromatic rings. The molecule has 0 radical (unpaired) electrons. The Balaban J connectivity index is 1.76. The summed E-state index contributed by atoms with van der Waals surface area (Å²) >= 11 is 0. The average molecular weight is 312 g/mol. The second-order valence-electron chi connectivity index (χ2n) is 5.71. The van der Waals surface area contributed by atoms with Crippen LogP contribution in [-0.4, -0.2) is 50.5 Å². The van der Waals surface area contributed by atoms with Gasteiger partial charge in [0.05, 0.1) is 20.2 Å². The van der Waals surface area contributed by atoms with Crippen LogP contribution in [0.25, 0.3) is 0 Å². The summed E-state index contributed by atoms with van der Waals surface area (Å²) in [6.45, 7) is -0.425. The zero-order valence-corrected chi connectivity index (χ0v) is 12.9. The van der Waals surface area contributed by atoms with Gasteiger partial charge in [0, 0.05) is 6.04 Å². The largest absolute Gasteiger partial charge is 0.497 e. The second-order valence-corrected chi connectivity index (χ2v) is 5.71. The minimum absolute atomic E-state index is 0.155. The lowest BCUT2D eigenvalue weighted by molar-refractivity contribution is -0.123. The van der Waals surface area contributed by atoms with E-state index in [9.17, 15) is 13.6 Å². The van der Waals surface area contributed by atoms with Crippen molar-refractivity contribution in [1.82, 2.24) is 10.2 Å². The summed E-state index contributed by atoms with van der Waals surface area (Å²) in [6.07, 6.45) is -0.576. The zero-order valence-electron chi connectivity index (χ0n) is 12.9. The molecule has 0 aromatic heterocycles. The number of nitrogens with zero attached hydrogens (tertiary/aromatic N) is 1. The van der Waals surface area contributed by atoms with Gasteiger partial charge in [-0.15, -0.1) is 0 Å². The van der Waals surface area contributed by atoms with Crippen LogP contribution in [0.5, 0.6) is 5.75 Å². The first kappa shape index (κ1) is 16.7. The van der Waals surface area contributed by atoms with Gasteiger partial charge in [0.15, 0.2) is 0 Å². The zero-order chi connectivity index (χ0) is 16.1. The van der Waals surface area contributed by atoms with Crippen LogP contribution in [0.4, 0.5) is 8.78 Å². The number of likely N-dealkylation sites (N-methyl/N-ethyl adjacent to an activating group) is 1. The first-order valence-corrected chi connectivity index (χ1v) is 7.38. The predicted octanol–water partition coefficient (Wildman–Crippen LogP) is 2.25. The van der Waals surface area contributed by atoms with Gasteiger partial charge in [0.2, 0.25) is 5.91 Å². The molecule has 1 amide bonds. The number of carbonyl (C=O) groups is 1. The number of carbonyl (C=O) groups excluding carboxylic acids is 1. The van der Waals surface area contributed by atoms with Crippen LogP contribution in [0.3, 0.4) is 0 Å². The maximum Gasteiger partial charge on any atom is 0.255 e. The number of halogens is 2. The Morgan fingerprint density at radius 1 is 1.45 bits per heavy atom. The lowest BCUT2D eigenvalue weighted by Gasteiger charge is -2.41. The Morgan fingerprint density at radius 2 is 2.18 bits per heavy atom. The van der Waals surface area contributed by atoms with Gasteiger partial charge in [-0.3, -0.25) is 9.69 Å². The highest BCUT2D eigenvalue weighted by atomic mass is 19.3. The molecule has 1 fully saturated rings. The highest BCUT2D eigenvalue weighted by molar-refractivity contribution is 5.78. The standard InChI is InChI=1S/C16H22F2N2O2/c1-20(10-16(21)19-9-15(17)18)13-6-12(7-13)11-4-3-5-14(8-11)22-2/h3-5,8,12-13,15H,6-7,9-10H2,1-2H3,(H,19,21). The predicted molar refractivity (Wildman–Crippen MR) is 80.4 cm³/mol. The summed E-state index contributed by atoms with van der Waals surface area (Å²) in [4.78, 5) is 13.5. The van der Waals surface area contributed by atoms with Crippen LogP contribution in [-0.2, 0) is 4.79 Å². The Bertz CT molecular complexity index is 505. The first-order chi connectivity index (χ1) is 10.5. The minimum atomic E-state index is -2.50. The summed E-state index contributed by atoms with van der Waals surface area (Å²) in [7, 11) is 3.50. The van der Waals surface area contributed by atoms with Gasteiger partial charge in [-0.25, -0.2) is 8.78 Å². The highest BCUT2D eigenvalue weighted by Gasteiger charge is 2.33. The lowest BCUT2D eigenvalue weighted by atomic mass is 9.75. The van der Waals surface area contributed by atoms with Crippen molar-refractivity contribution in [3.63, 3.8) is 0 Å². The molecule has 0 aliphatic heterocycles. The Labute approximate surface area is 129 Å². The smallest absolute Gasteiger partial charge is 0.255 e. The molecule has 0 heterocycles. The Morgan fingerprint density at radius 3 is 2.82 bits per heavy atom. The number of methoxy groups -OCH3 is 1. The van der Waals surface area contributed by atoms with Crippen molar-refractivity contribution in [2.75, 3.05) is 27.2 Å². The summed E-state index contributed by atoms with van der Waals surface area (Å²) in [5.41, 5.74) is 1.24. The third-order valence-corrected chi connectivity index (χ3v) is 4.15. The van der Waals surface area contributed by atoms with Gasteiger partial charge in [-0.05, 0) is 43.5 Å². The lowest BCUT2D eigenvalue weighted by Crippen LogP contribution is -2.46. The first-order valence-electron chi connectivity index (χ1n) is 7.38. The molecular formula is C16H22F2N2O2. The molecule has 2 rings (SSSR count). The van der Waals surface area contributed by atoms with Crippen molar-refractivity contribution >= 4 is 5.91 Å². The number of hydrogen-bond acceptors (Lipinski definition) is 3. The van der Waals surface area contributed by atoms with E-state index in [2.05, 4.69) is 11.4 Å². The fourth-order valence-corrected chi connectivity index (χ4v) is 2.72. The molecule has 0 unspecified atom stereocenters. The summed E-state index contributed by atoms with van der Waals surface area (Å²) in [6, 6.07) is 8.32. The molecule has 22 heavy (non-hydrogen) atoms. The van der Waals surface area contributed by atoms with E-state index in [0.29, 0.717) is 12.0 Å². The van der Waals surface area contributed by atoms with Crippen molar-refractivity contribution < 1.29 is 18.3 Å². The van der Waals surface area contributed by atoms with E-state index < -0.39 is 13.0 Å². The van der Waals surface area contributed by atoms with Gasteiger partial charge >= 0.3 is 0 Å². The SMILES string of the molecule is COc1cccc(C2CC(N(C)CC(=O)NCC(F)F)C2)c1. The van der Waals surface area contributed by atoms with Crippen molar-refractivity contribution in [3.8, 4) is 5.75 Å².